The van der Waals surface area contributed by atoms with Crippen LogP contribution in [0.25, 0.3) is 40.0 Å². The van der Waals surface area contributed by atoms with Crippen LogP contribution in [0.5, 0.6) is 5.75 Å². The van der Waals surface area contributed by atoms with Gasteiger partial charge >= 0.3 is 0 Å². The standard InChI is InChI=1S/C24H24N6O2/c1-16(30(2)3)17-8-10-18(11-9-17)20-14-26-15-21(27-20)24-29-28-23(32-24)19-6-4-5-7-22(19)31-13-12-25/h4-11,14-15H,1,12-13,25H2,2-3H3. The average molecular weight is 428 g/mol. The summed E-state index contributed by atoms with van der Waals surface area (Å²) in [6.07, 6.45) is 3.30. The molecule has 32 heavy (non-hydrogen) atoms. The fraction of sp³-hybridized carbons (Fsp3) is 0.167. The van der Waals surface area contributed by atoms with Crippen LogP contribution in [0.3, 0.4) is 0 Å². The van der Waals surface area contributed by atoms with E-state index in [-0.39, 0.29) is 5.89 Å². The van der Waals surface area contributed by atoms with Gasteiger partial charge in [-0.05, 0) is 17.7 Å². The van der Waals surface area contributed by atoms with Gasteiger partial charge in [0.15, 0.2) is 0 Å². The van der Waals surface area contributed by atoms with Gasteiger partial charge < -0.3 is 19.8 Å². The minimum absolute atomic E-state index is 0.278. The van der Waals surface area contributed by atoms with E-state index in [0.29, 0.717) is 41.7 Å². The largest absolute Gasteiger partial charge is 0.491 e. The van der Waals surface area contributed by atoms with Crippen LogP contribution < -0.4 is 10.5 Å². The predicted octanol–water partition coefficient (Wildman–Crippen LogP) is 3.73. The lowest BCUT2D eigenvalue weighted by Gasteiger charge is -2.15. The van der Waals surface area contributed by atoms with Gasteiger partial charge in [0.2, 0.25) is 0 Å². The molecule has 0 bridgehead atoms. The third kappa shape index (κ3) is 4.50. The molecule has 0 spiro atoms. The number of benzene rings is 2. The summed E-state index contributed by atoms with van der Waals surface area (Å²) in [7, 11) is 3.93. The van der Waals surface area contributed by atoms with Gasteiger partial charge in [0.1, 0.15) is 18.1 Å². The molecule has 0 atom stereocenters. The summed E-state index contributed by atoms with van der Waals surface area (Å²) >= 11 is 0. The van der Waals surface area contributed by atoms with Gasteiger partial charge in [-0.3, -0.25) is 4.98 Å². The highest BCUT2D eigenvalue weighted by atomic mass is 16.5. The lowest BCUT2D eigenvalue weighted by atomic mass is 10.1. The number of nitrogens with zero attached hydrogens (tertiary/aromatic N) is 5. The Hall–Kier alpha value is -4.04. The molecule has 2 aromatic heterocycles. The summed E-state index contributed by atoms with van der Waals surface area (Å²) in [5.74, 6) is 1.25. The zero-order valence-corrected chi connectivity index (χ0v) is 18.0. The first-order valence-electron chi connectivity index (χ1n) is 10.1. The summed E-state index contributed by atoms with van der Waals surface area (Å²) in [6, 6.07) is 15.4. The first kappa shape index (κ1) is 21.2. The summed E-state index contributed by atoms with van der Waals surface area (Å²) in [4.78, 5) is 10.9. The van der Waals surface area contributed by atoms with E-state index in [1.807, 2.05) is 67.5 Å². The number of hydrogen-bond acceptors (Lipinski definition) is 8. The van der Waals surface area contributed by atoms with Gasteiger partial charge in [-0.2, -0.15) is 0 Å². The van der Waals surface area contributed by atoms with Crippen molar-refractivity contribution in [2.75, 3.05) is 27.2 Å². The van der Waals surface area contributed by atoms with Crippen molar-refractivity contribution in [2.45, 2.75) is 0 Å². The Balaban J connectivity index is 1.60. The Morgan fingerprint density at radius 1 is 1.00 bits per heavy atom. The van der Waals surface area contributed by atoms with E-state index in [4.69, 9.17) is 14.9 Å². The van der Waals surface area contributed by atoms with Crippen LogP contribution in [0.15, 0.2) is 71.9 Å². The van der Waals surface area contributed by atoms with E-state index in [9.17, 15) is 0 Å². The maximum atomic E-state index is 5.89. The number of aromatic nitrogens is 4. The Labute approximate surface area is 186 Å². The lowest BCUT2D eigenvalue weighted by Crippen LogP contribution is -2.10. The van der Waals surface area contributed by atoms with Crippen LogP contribution in [0, 0.1) is 0 Å². The fourth-order valence-electron chi connectivity index (χ4n) is 3.07. The molecule has 8 heteroatoms. The molecule has 0 radical (unpaired) electrons. The second-order valence-corrected chi connectivity index (χ2v) is 7.25. The molecule has 0 aliphatic heterocycles. The smallest absolute Gasteiger partial charge is 0.268 e. The molecule has 0 unspecified atom stereocenters. The molecule has 0 amide bonds. The molecule has 2 heterocycles. The van der Waals surface area contributed by atoms with Crippen molar-refractivity contribution in [2.24, 2.45) is 5.73 Å². The van der Waals surface area contributed by atoms with Crippen molar-refractivity contribution in [3.63, 3.8) is 0 Å². The molecule has 0 aliphatic carbocycles. The summed E-state index contributed by atoms with van der Waals surface area (Å²) in [6.45, 7) is 4.89. The quantitative estimate of drug-likeness (QED) is 0.453. The van der Waals surface area contributed by atoms with Crippen molar-refractivity contribution in [3.8, 4) is 40.0 Å². The maximum Gasteiger partial charge on any atom is 0.268 e. The number of hydrogen-bond donors (Lipinski definition) is 1. The zero-order chi connectivity index (χ0) is 22.5. The van der Waals surface area contributed by atoms with Gasteiger partial charge in [0, 0.05) is 31.9 Å². The zero-order valence-electron chi connectivity index (χ0n) is 18.0. The van der Waals surface area contributed by atoms with Crippen LogP contribution in [0.2, 0.25) is 0 Å². The summed E-state index contributed by atoms with van der Waals surface area (Å²) in [5.41, 5.74) is 10.3. The Bertz CT molecular complexity index is 1220. The minimum Gasteiger partial charge on any atom is -0.491 e. The number of ether oxygens (including phenoxy) is 1. The SMILES string of the molecule is C=C(c1ccc(-c2cncc(-c3nnc(-c4ccccc4OCCN)o3)n2)cc1)N(C)C. The third-order valence-corrected chi connectivity index (χ3v) is 4.83. The molecule has 0 saturated carbocycles. The highest BCUT2D eigenvalue weighted by Gasteiger charge is 2.16. The lowest BCUT2D eigenvalue weighted by molar-refractivity contribution is 0.328. The molecule has 4 aromatic rings. The molecule has 8 nitrogen and oxygen atoms in total. The summed E-state index contributed by atoms with van der Waals surface area (Å²) < 4.78 is 11.6. The van der Waals surface area contributed by atoms with Gasteiger partial charge in [-0.1, -0.05) is 43.0 Å². The van der Waals surface area contributed by atoms with Crippen LogP contribution in [-0.4, -0.2) is 52.3 Å². The predicted molar refractivity (Wildman–Crippen MR) is 123 cm³/mol. The van der Waals surface area contributed by atoms with Crippen molar-refractivity contribution in [1.82, 2.24) is 25.1 Å². The minimum atomic E-state index is 0.278. The van der Waals surface area contributed by atoms with Crippen LogP contribution in [0.1, 0.15) is 5.56 Å². The molecular formula is C24H24N6O2. The van der Waals surface area contributed by atoms with E-state index in [1.54, 1.807) is 12.4 Å². The number of nitrogens with two attached hydrogens (primary N) is 1. The van der Waals surface area contributed by atoms with E-state index in [2.05, 4.69) is 26.7 Å². The van der Waals surface area contributed by atoms with E-state index in [1.165, 1.54) is 0 Å². The second kappa shape index (κ2) is 9.40. The average Bonchev–Trinajstić information content (AvgIpc) is 3.33. The monoisotopic (exact) mass is 428 g/mol. The molecule has 162 valence electrons. The van der Waals surface area contributed by atoms with E-state index >= 15 is 0 Å². The normalized spacial score (nSPS) is 10.7. The molecule has 0 saturated heterocycles. The molecule has 0 fully saturated rings. The summed E-state index contributed by atoms with van der Waals surface area (Å²) in [5, 5.41) is 8.33. The molecular weight excluding hydrogens is 404 g/mol. The van der Waals surface area contributed by atoms with Crippen LogP contribution in [-0.2, 0) is 0 Å². The highest BCUT2D eigenvalue weighted by Crippen LogP contribution is 2.31. The Morgan fingerprint density at radius 3 is 2.47 bits per heavy atom. The first-order valence-corrected chi connectivity index (χ1v) is 10.1. The van der Waals surface area contributed by atoms with Gasteiger partial charge in [-0.15, -0.1) is 10.2 Å². The van der Waals surface area contributed by atoms with E-state index < -0.39 is 0 Å². The second-order valence-electron chi connectivity index (χ2n) is 7.25. The fourth-order valence-corrected chi connectivity index (χ4v) is 3.07. The molecule has 4 rings (SSSR count). The Morgan fingerprint density at radius 2 is 1.72 bits per heavy atom. The van der Waals surface area contributed by atoms with Crippen molar-refractivity contribution in [1.29, 1.82) is 0 Å². The Kier molecular flexibility index (Phi) is 6.23. The molecule has 2 N–H and O–H groups in total. The maximum absolute atomic E-state index is 5.89. The molecule has 2 aromatic carbocycles. The first-order chi connectivity index (χ1) is 15.6. The van der Waals surface area contributed by atoms with Gasteiger partial charge in [0.05, 0.1) is 23.7 Å². The van der Waals surface area contributed by atoms with Crippen molar-refractivity contribution >= 4 is 5.70 Å². The van der Waals surface area contributed by atoms with E-state index in [0.717, 1.165) is 16.8 Å². The topological polar surface area (TPSA) is 103 Å². The van der Waals surface area contributed by atoms with Gasteiger partial charge in [-0.25, -0.2) is 4.98 Å². The third-order valence-electron chi connectivity index (χ3n) is 4.83. The molecule has 0 aliphatic rings. The van der Waals surface area contributed by atoms with Gasteiger partial charge in [0.25, 0.3) is 11.8 Å². The number of para-hydroxylation sites is 1. The number of rotatable bonds is 8. The van der Waals surface area contributed by atoms with Crippen molar-refractivity contribution < 1.29 is 9.15 Å². The van der Waals surface area contributed by atoms with Crippen LogP contribution in [0.4, 0.5) is 0 Å². The van der Waals surface area contributed by atoms with Crippen LogP contribution >= 0.6 is 0 Å². The van der Waals surface area contributed by atoms with Crippen molar-refractivity contribution in [3.05, 3.63) is 73.1 Å². The highest BCUT2D eigenvalue weighted by molar-refractivity contribution is 5.68.